The summed E-state index contributed by atoms with van der Waals surface area (Å²) in [5.74, 6) is 1.09. The first-order valence-corrected chi connectivity index (χ1v) is 7.75. The Morgan fingerprint density at radius 2 is 2.32 bits per heavy atom. The van der Waals surface area contributed by atoms with E-state index in [1.165, 1.54) is 6.33 Å². The van der Waals surface area contributed by atoms with E-state index in [4.69, 9.17) is 0 Å². The van der Waals surface area contributed by atoms with Gasteiger partial charge in [0.15, 0.2) is 0 Å². The number of carbonyl (C=O) groups excluding carboxylic acids is 1. The van der Waals surface area contributed by atoms with Crippen LogP contribution in [0.5, 0.6) is 0 Å². The van der Waals surface area contributed by atoms with E-state index in [1.54, 1.807) is 11.0 Å². The van der Waals surface area contributed by atoms with E-state index < -0.39 is 0 Å². The van der Waals surface area contributed by atoms with Crippen LogP contribution in [0, 0.1) is 5.41 Å². The number of nitrogens with one attached hydrogen (secondary N) is 1. The summed E-state index contributed by atoms with van der Waals surface area (Å²) in [6.45, 7) is 5.56. The van der Waals surface area contributed by atoms with E-state index in [-0.39, 0.29) is 17.4 Å². The summed E-state index contributed by atoms with van der Waals surface area (Å²) in [5.41, 5.74) is 0.183. The Morgan fingerprint density at radius 1 is 1.50 bits per heavy atom. The normalized spacial score (nSPS) is 17.2. The van der Waals surface area contributed by atoms with E-state index in [2.05, 4.69) is 31.9 Å². The predicted octanol–water partition coefficient (Wildman–Crippen LogP) is 1.19. The molecule has 1 N–H and O–H groups in total. The maximum absolute atomic E-state index is 12.2. The zero-order valence-electron chi connectivity index (χ0n) is 13.1. The molecule has 1 amide bonds. The third-order valence-corrected chi connectivity index (χ3v) is 4.43. The summed E-state index contributed by atoms with van der Waals surface area (Å²) in [6.07, 6.45) is 10.1. The number of carbonyl (C=O) groups is 1. The molecule has 0 bridgehead atoms. The van der Waals surface area contributed by atoms with Crippen LogP contribution in [0.15, 0.2) is 25.0 Å². The maximum atomic E-state index is 12.2. The van der Waals surface area contributed by atoms with Crippen LogP contribution in [0.4, 0.5) is 0 Å². The minimum atomic E-state index is -0.335. The number of nitrogens with zero attached hydrogens (tertiary/aromatic N) is 5. The Hall–Kier alpha value is -2.18. The van der Waals surface area contributed by atoms with Crippen LogP contribution in [0.3, 0.4) is 0 Å². The molecule has 118 valence electrons. The molecule has 2 aromatic rings. The summed E-state index contributed by atoms with van der Waals surface area (Å²) < 4.78 is 3.78. The molecule has 1 saturated carbocycles. The Kier molecular flexibility index (Phi) is 3.96. The van der Waals surface area contributed by atoms with Crippen LogP contribution in [0.25, 0.3) is 0 Å². The summed E-state index contributed by atoms with van der Waals surface area (Å²) in [5, 5.41) is 7.08. The molecular formula is C15H22N6O. The number of rotatable bonds is 7. The minimum absolute atomic E-state index is 0.0156. The molecule has 2 aromatic heterocycles. The maximum Gasteiger partial charge on any atom is 0.244 e. The van der Waals surface area contributed by atoms with Gasteiger partial charge in [0.1, 0.15) is 24.5 Å². The molecule has 1 aliphatic carbocycles. The van der Waals surface area contributed by atoms with E-state index >= 15 is 0 Å². The van der Waals surface area contributed by atoms with Gasteiger partial charge in [0.2, 0.25) is 5.91 Å². The van der Waals surface area contributed by atoms with E-state index in [0.29, 0.717) is 6.54 Å². The third-order valence-electron chi connectivity index (χ3n) is 4.43. The van der Waals surface area contributed by atoms with Crippen LogP contribution in [-0.4, -0.2) is 36.8 Å². The summed E-state index contributed by atoms with van der Waals surface area (Å²) in [7, 11) is 0. The minimum Gasteiger partial charge on any atom is -0.354 e. The predicted molar refractivity (Wildman–Crippen MR) is 81.0 cm³/mol. The number of aryl methyl sites for hydroxylation is 1. The largest absolute Gasteiger partial charge is 0.354 e. The Balaban J connectivity index is 1.56. The van der Waals surface area contributed by atoms with Crippen molar-refractivity contribution in [1.82, 2.24) is 29.6 Å². The van der Waals surface area contributed by atoms with Crippen LogP contribution in [0.1, 0.15) is 38.6 Å². The van der Waals surface area contributed by atoms with Gasteiger partial charge in [-0.1, -0.05) is 6.92 Å². The Bertz CT molecular complexity index is 628. The second-order valence-electron chi connectivity index (χ2n) is 6.09. The molecule has 7 heteroatoms. The number of hydrogen-bond acceptors (Lipinski definition) is 4. The molecule has 0 spiro atoms. The first-order chi connectivity index (χ1) is 10.6. The topological polar surface area (TPSA) is 77.6 Å². The van der Waals surface area contributed by atoms with Crippen molar-refractivity contribution >= 4 is 5.91 Å². The molecule has 22 heavy (non-hydrogen) atoms. The van der Waals surface area contributed by atoms with E-state index in [1.807, 2.05) is 19.3 Å². The molecule has 0 aromatic carbocycles. The quantitative estimate of drug-likeness (QED) is 0.833. The van der Waals surface area contributed by atoms with E-state index in [0.717, 1.165) is 31.6 Å². The fraction of sp³-hybridized carbons (Fsp3) is 0.600. The lowest BCUT2D eigenvalue weighted by Gasteiger charge is -2.19. The average molecular weight is 302 g/mol. The summed E-state index contributed by atoms with van der Waals surface area (Å²) in [4.78, 5) is 20.5. The van der Waals surface area contributed by atoms with Gasteiger partial charge in [0.25, 0.3) is 0 Å². The molecule has 1 unspecified atom stereocenters. The molecule has 0 radical (unpaired) electrons. The summed E-state index contributed by atoms with van der Waals surface area (Å²) >= 11 is 0. The fourth-order valence-corrected chi connectivity index (χ4v) is 2.69. The van der Waals surface area contributed by atoms with Gasteiger partial charge >= 0.3 is 0 Å². The zero-order valence-corrected chi connectivity index (χ0v) is 13.1. The highest BCUT2D eigenvalue weighted by atomic mass is 16.2. The lowest BCUT2D eigenvalue weighted by Crippen LogP contribution is -2.36. The van der Waals surface area contributed by atoms with Gasteiger partial charge in [-0.3, -0.25) is 4.79 Å². The standard InChI is InChI=1S/C15H22N6O/c1-3-13-17-6-7-20(13)9-15(4-5-15)8-18-14(22)12(2)21-11-16-10-19-21/h6-7,10-12H,3-5,8-9H2,1-2H3,(H,18,22). The van der Waals surface area contributed by atoms with Crippen LogP contribution in [-0.2, 0) is 17.8 Å². The highest BCUT2D eigenvalue weighted by Gasteiger charge is 2.43. The van der Waals surface area contributed by atoms with Crippen molar-refractivity contribution in [2.75, 3.05) is 6.54 Å². The average Bonchev–Trinajstić information content (AvgIpc) is 2.96. The van der Waals surface area contributed by atoms with Crippen LogP contribution >= 0.6 is 0 Å². The fourth-order valence-electron chi connectivity index (χ4n) is 2.69. The second kappa shape index (κ2) is 5.90. The zero-order chi connectivity index (χ0) is 15.6. The van der Waals surface area contributed by atoms with Crippen molar-refractivity contribution in [3.8, 4) is 0 Å². The molecule has 1 aliphatic rings. The van der Waals surface area contributed by atoms with Crippen molar-refractivity contribution < 1.29 is 4.79 Å². The monoisotopic (exact) mass is 302 g/mol. The summed E-state index contributed by atoms with van der Waals surface area (Å²) in [6, 6.07) is -0.335. The number of amides is 1. The first kappa shape index (κ1) is 14.7. The second-order valence-corrected chi connectivity index (χ2v) is 6.09. The van der Waals surface area contributed by atoms with Crippen molar-refractivity contribution in [2.45, 2.75) is 45.7 Å². The molecule has 0 aliphatic heterocycles. The highest BCUT2D eigenvalue weighted by molar-refractivity contribution is 5.79. The molecule has 3 rings (SSSR count). The molecule has 2 heterocycles. The van der Waals surface area contributed by atoms with E-state index in [9.17, 15) is 4.79 Å². The lowest BCUT2D eigenvalue weighted by molar-refractivity contribution is -0.124. The number of imidazole rings is 1. The van der Waals surface area contributed by atoms with Gasteiger partial charge < -0.3 is 9.88 Å². The molecular weight excluding hydrogens is 280 g/mol. The number of hydrogen-bond donors (Lipinski definition) is 1. The molecule has 1 fully saturated rings. The van der Waals surface area contributed by atoms with Gasteiger partial charge in [-0.05, 0) is 19.8 Å². The molecule has 0 saturated heterocycles. The van der Waals surface area contributed by atoms with Crippen molar-refractivity contribution in [3.05, 3.63) is 30.9 Å². The smallest absolute Gasteiger partial charge is 0.244 e. The SMILES string of the molecule is CCc1nccn1CC1(CNC(=O)C(C)n2cncn2)CC1. The van der Waals surface area contributed by atoms with Crippen LogP contribution < -0.4 is 5.32 Å². The van der Waals surface area contributed by atoms with Crippen molar-refractivity contribution in [2.24, 2.45) is 5.41 Å². The lowest BCUT2D eigenvalue weighted by atomic mass is 10.1. The Labute approximate surface area is 129 Å². The van der Waals surface area contributed by atoms with Gasteiger partial charge in [-0.2, -0.15) is 5.10 Å². The molecule has 7 nitrogen and oxygen atoms in total. The van der Waals surface area contributed by atoms with Crippen molar-refractivity contribution in [3.63, 3.8) is 0 Å². The number of aromatic nitrogens is 5. The van der Waals surface area contributed by atoms with Crippen LogP contribution in [0.2, 0.25) is 0 Å². The first-order valence-electron chi connectivity index (χ1n) is 7.75. The Morgan fingerprint density at radius 3 is 2.95 bits per heavy atom. The van der Waals surface area contributed by atoms with Gasteiger partial charge in [-0.15, -0.1) is 0 Å². The third kappa shape index (κ3) is 3.03. The van der Waals surface area contributed by atoms with Gasteiger partial charge in [-0.25, -0.2) is 14.6 Å². The van der Waals surface area contributed by atoms with Crippen molar-refractivity contribution in [1.29, 1.82) is 0 Å². The highest BCUT2D eigenvalue weighted by Crippen LogP contribution is 2.46. The molecule has 1 atom stereocenters. The van der Waals surface area contributed by atoms with Gasteiger partial charge in [0, 0.05) is 37.3 Å². The van der Waals surface area contributed by atoms with Gasteiger partial charge in [0.05, 0.1) is 0 Å².